The molecular formula is C12H10N2O4S. The molecule has 0 aliphatic rings. The van der Waals surface area contributed by atoms with Gasteiger partial charge in [-0.25, -0.2) is 9.78 Å². The van der Waals surface area contributed by atoms with Crippen LogP contribution in [0.1, 0.15) is 20.9 Å². The second-order valence-corrected chi connectivity index (χ2v) is 4.74. The van der Waals surface area contributed by atoms with E-state index in [1.807, 2.05) is 0 Å². The van der Waals surface area contributed by atoms with Gasteiger partial charge in [0.2, 0.25) is 0 Å². The lowest BCUT2D eigenvalue weighted by molar-refractivity contribution is -0.385. The van der Waals surface area contributed by atoms with Crippen molar-refractivity contribution in [1.82, 2.24) is 4.98 Å². The predicted molar refractivity (Wildman–Crippen MR) is 69.1 cm³/mol. The van der Waals surface area contributed by atoms with E-state index in [1.165, 1.54) is 29.5 Å². The maximum absolute atomic E-state index is 11.8. The zero-order valence-corrected chi connectivity index (χ0v) is 10.8. The average Bonchev–Trinajstić information content (AvgIpc) is 2.88. The Morgan fingerprint density at radius 1 is 1.53 bits per heavy atom. The molecule has 2 rings (SSSR count). The van der Waals surface area contributed by atoms with Gasteiger partial charge in [-0.2, -0.15) is 0 Å². The molecule has 0 bridgehead atoms. The van der Waals surface area contributed by atoms with E-state index in [2.05, 4.69) is 4.98 Å². The van der Waals surface area contributed by atoms with Crippen molar-refractivity contribution < 1.29 is 14.5 Å². The summed E-state index contributed by atoms with van der Waals surface area (Å²) in [6, 6.07) is 4.13. The van der Waals surface area contributed by atoms with Crippen molar-refractivity contribution in [2.75, 3.05) is 0 Å². The average molecular weight is 278 g/mol. The number of esters is 1. The lowest BCUT2D eigenvalue weighted by atomic mass is 10.1. The highest BCUT2D eigenvalue weighted by molar-refractivity contribution is 7.09. The van der Waals surface area contributed by atoms with Crippen LogP contribution in [-0.4, -0.2) is 15.9 Å². The Morgan fingerprint density at radius 2 is 2.32 bits per heavy atom. The van der Waals surface area contributed by atoms with Crippen LogP contribution in [0, 0.1) is 17.0 Å². The summed E-state index contributed by atoms with van der Waals surface area (Å²) >= 11 is 1.39. The molecule has 6 nitrogen and oxygen atoms in total. The quantitative estimate of drug-likeness (QED) is 0.488. The minimum atomic E-state index is -0.520. The summed E-state index contributed by atoms with van der Waals surface area (Å²) < 4.78 is 5.07. The first-order valence-corrected chi connectivity index (χ1v) is 6.26. The molecule has 0 unspecified atom stereocenters. The Labute approximate surface area is 112 Å². The Hall–Kier alpha value is -2.28. The molecule has 0 amide bonds. The number of hydrogen-bond acceptors (Lipinski definition) is 6. The summed E-state index contributed by atoms with van der Waals surface area (Å²) in [4.78, 5) is 25.9. The second-order valence-electron chi connectivity index (χ2n) is 3.76. The maximum Gasteiger partial charge on any atom is 0.338 e. The topological polar surface area (TPSA) is 82.3 Å². The van der Waals surface area contributed by atoms with Crippen molar-refractivity contribution in [1.29, 1.82) is 0 Å². The molecule has 0 spiro atoms. The van der Waals surface area contributed by atoms with E-state index >= 15 is 0 Å². The standard InChI is InChI=1S/C12H10N2O4S/c1-8-6-9(2-3-10(8)14(16)17)12(15)18-7-11-13-4-5-19-11/h2-6H,7H2,1H3. The van der Waals surface area contributed by atoms with E-state index in [-0.39, 0.29) is 12.3 Å². The van der Waals surface area contributed by atoms with E-state index < -0.39 is 10.9 Å². The highest BCUT2D eigenvalue weighted by Crippen LogP contribution is 2.19. The molecule has 7 heteroatoms. The second kappa shape index (κ2) is 5.57. The van der Waals surface area contributed by atoms with Crippen LogP contribution in [0.3, 0.4) is 0 Å². The Balaban J connectivity index is 2.07. The summed E-state index contributed by atoms with van der Waals surface area (Å²) in [6.07, 6.45) is 1.63. The molecule has 98 valence electrons. The number of rotatable bonds is 4. The summed E-state index contributed by atoms with van der Waals surface area (Å²) in [5.41, 5.74) is 0.699. The molecule has 0 aliphatic carbocycles. The predicted octanol–water partition coefficient (Wildman–Crippen LogP) is 2.72. The monoisotopic (exact) mass is 278 g/mol. The molecule has 1 aromatic heterocycles. The van der Waals surface area contributed by atoms with Crippen LogP contribution in [0.5, 0.6) is 0 Å². The van der Waals surface area contributed by atoms with Crippen LogP contribution in [0.15, 0.2) is 29.8 Å². The fraction of sp³-hybridized carbons (Fsp3) is 0.167. The number of aryl methyl sites for hydroxylation is 1. The molecule has 2 aromatic rings. The molecule has 1 aromatic carbocycles. The number of aromatic nitrogens is 1. The summed E-state index contributed by atoms with van der Waals surface area (Å²) in [5, 5.41) is 13.2. The fourth-order valence-electron chi connectivity index (χ4n) is 1.52. The first kappa shape index (κ1) is 13.2. The van der Waals surface area contributed by atoms with Gasteiger partial charge in [0.1, 0.15) is 11.6 Å². The molecule has 0 aliphatic heterocycles. The normalized spacial score (nSPS) is 10.2. The van der Waals surface area contributed by atoms with Crippen molar-refractivity contribution in [3.8, 4) is 0 Å². The zero-order chi connectivity index (χ0) is 13.8. The van der Waals surface area contributed by atoms with E-state index in [1.54, 1.807) is 18.5 Å². The summed E-state index contributed by atoms with van der Waals surface area (Å²) in [7, 11) is 0. The number of carbonyl (C=O) groups excluding carboxylic acids is 1. The first-order chi connectivity index (χ1) is 9.08. The third-order valence-electron chi connectivity index (χ3n) is 2.44. The molecule has 0 N–H and O–H groups in total. The summed E-state index contributed by atoms with van der Waals surface area (Å²) in [6.45, 7) is 1.68. The number of hydrogen-bond donors (Lipinski definition) is 0. The smallest absolute Gasteiger partial charge is 0.338 e. The molecule has 0 atom stereocenters. The van der Waals surface area contributed by atoms with E-state index in [0.717, 1.165) is 0 Å². The van der Waals surface area contributed by atoms with Gasteiger partial charge in [0.25, 0.3) is 5.69 Å². The molecule has 0 saturated carbocycles. The number of nitrogens with zero attached hydrogens (tertiary/aromatic N) is 2. The summed E-state index contributed by atoms with van der Waals surface area (Å²) in [5.74, 6) is -0.520. The van der Waals surface area contributed by atoms with Crippen LogP contribution < -0.4 is 0 Å². The van der Waals surface area contributed by atoms with Crippen LogP contribution >= 0.6 is 11.3 Å². The van der Waals surface area contributed by atoms with Crippen molar-refractivity contribution in [3.63, 3.8) is 0 Å². The molecule has 1 heterocycles. The van der Waals surface area contributed by atoms with Crippen LogP contribution in [-0.2, 0) is 11.3 Å². The van der Waals surface area contributed by atoms with Crippen molar-refractivity contribution in [3.05, 3.63) is 56.0 Å². The van der Waals surface area contributed by atoms with Gasteiger partial charge in [0, 0.05) is 23.2 Å². The van der Waals surface area contributed by atoms with Crippen LogP contribution in [0.4, 0.5) is 5.69 Å². The highest BCUT2D eigenvalue weighted by Gasteiger charge is 2.14. The molecule has 0 fully saturated rings. The van der Waals surface area contributed by atoms with Gasteiger partial charge in [-0.3, -0.25) is 10.1 Å². The number of benzene rings is 1. The minimum Gasteiger partial charge on any atom is -0.455 e. The third kappa shape index (κ3) is 3.14. The lowest BCUT2D eigenvalue weighted by Gasteiger charge is -2.04. The number of nitro groups is 1. The van der Waals surface area contributed by atoms with Crippen molar-refractivity contribution in [2.45, 2.75) is 13.5 Å². The van der Waals surface area contributed by atoms with Gasteiger partial charge < -0.3 is 4.74 Å². The maximum atomic E-state index is 11.8. The van der Waals surface area contributed by atoms with E-state index in [4.69, 9.17) is 4.74 Å². The molecule has 0 radical (unpaired) electrons. The Kier molecular flexibility index (Phi) is 3.86. The highest BCUT2D eigenvalue weighted by atomic mass is 32.1. The van der Waals surface area contributed by atoms with Crippen molar-refractivity contribution in [2.24, 2.45) is 0 Å². The van der Waals surface area contributed by atoms with Crippen molar-refractivity contribution >= 4 is 23.0 Å². The third-order valence-corrected chi connectivity index (χ3v) is 3.19. The van der Waals surface area contributed by atoms with Gasteiger partial charge in [-0.05, 0) is 19.1 Å². The largest absolute Gasteiger partial charge is 0.455 e. The lowest BCUT2D eigenvalue weighted by Crippen LogP contribution is -2.06. The van der Waals surface area contributed by atoms with Gasteiger partial charge in [0.05, 0.1) is 10.5 Å². The van der Waals surface area contributed by atoms with Gasteiger partial charge >= 0.3 is 5.97 Å². The number of carbonyl (C=O) groups is 1. The minimum absolute atomic E-state index is 0.0172. The van der Waals surface area contributed by atoms with Gasteiger partial charge in [-0.1, -0.05) is 0 Å². The van der Waals surface area contributed by atoms with Gasteiger partial charge in [0.15, 0.2) is 0 Å². The van der Waals surface area contributed by atoms with Crippen LogP contribution in [0.25, 0.3) is 0 Å². The molecule has 0 saturated heterocycles. The van der Waals surface area contributed by atoms with Crippen LogP contribution in [0.2, 0.25) is 0 Å². The van der Waals surface area contributed by atoms with E-state index in [9.17, 15) is 14.9 Å². The first-order valence-electron chi connectivity index (χ1n) is 5.38. The zero-order valence-electron chi connectivity index (χ0n) is 10.0. The Bertz CT molecular complexity index is 610. The molecule has 19 heavy (non-hydrogen) atoms. The Morgan fingerprint density at radius 3 is 2.89 bits per heavy atom. The number of nitro benzene ring substituents is 1. The molecular weight excluding hydrogens is 268 g/mol. The SMILES string of the molecule is Cc1cc(C(=O)OCc2nccs2)ccc1[N+](=O)[O-]. The van der Waals surface area contributed by atoms with Gasteiger partial charge in [-0.15, -0.1) is 11.3 Å². The number of thiazole rings is 1. The fourth-order valence-corrected chi connectivity index (χ4v) is 2.05. The number of ether oxygens (including phenoxy) is 1. The van der Waals surface area contributed by atoms with E-state index in [0.29, 0.717) is 16.1 Å².